The first-order chi connectivity index (χ1) is 8.49. The maximum Gasteiger partial charge on any atom is 0.321 e. The largest absolute Gasteiger partial charge is 0.480 e. The fraction of sp³-hybridized carbons (Fsp3) is 0.462. The summed E-state index contributed by atoms with van der Waals surface area (Å²) in [6, 6.07) is 4.59. The van der Waals surface area contributed by atoms with Crippen LogP contribution in [0.5, 0.6) is 0 Å². The van der Waals surface area contributed by atoms with Crippen LogP contribution in [-0.4, -0.2) is 35.1 Å². The van der Waals surface area contributed by atoms with Crippen molar-refractivity contribution in [1.29, 1.82) is 0 Å². The van der Waals surface area contributed by atoms with Gasteiger partial charge in [0.25, 0.3) is 0 Å². The average molecular weight is 290 g/mol. The van der Waals surface area contributed by atoms with E-state index in [1.165, 1.54) is 0 Å². The van der Waals surface area contributed by atoms with Gasteiger partial charge in [-0.2, -0.15) is 0 Å². The molecule has 1 rings (SSSR count). The minimum Gasteiger partial charge on any atom is -0.480 e. The maximum absolute atomic E-state index is 11.3. The van der Waals surface area contributed by atoms with E-state index in [1.807, 2.05) is 18.7 Å². The summed E-state index contributed by atoms with van der Waals surface area (Å²) >= 11 is 11.9. The molecule has 1 atom stereocenters. The number of rotatable bonds is 6. The monoisotopic (exact) mass is 289 g/mol. The Morgan fingerprint density at radius 1 is 1.33 bits per heavy atom. The molecule has 0 radical (unpaired) electrons. The first-order valence-corrected chi connectivity index (χ1v) is 6.66. The second-order valence-corrected chi connectivity index (χ2v) is 4.86. The Labute approximate surface area is 117 Å². The Morgan fingerprint density at radius 3 is 2.39 bits per heavy atom. The van der Waals surface area contributed by atoms with Crippen molar-refractivity contribution in [3.8, 4) is 0 Å². The van der Waals surface area contributed by atoms with Gasteiger partial charge in [0.1, 0.15) is 6.04 Å². The van der Waals surface area contributed by atoms with Gasteiger partial charge in [0.05, 0.1) is 0 Å². The highest BCUT2D eigenvalue weighted by atomic mass is 35.5. The third-order valence-electron chi connectivity index (χ3n) is 2.97. The summed E-state index contributed by atoms with van der Waals surface area (Å²) in [5.74, 6) is -0.829. The fourth-order valence-electron chi connectivity index (χ4n) is 1.93. The summed E-state index contributed by atoms with van der Waals surface area (Å²) in [4.78, 5) is 13.2. The van der Waals surface area contributed by atoms with Crippen LogP contribution in [0.4, 0.5) is 0 Å². The minimum atomic E-state index is -0.829. The number of benzene rings is 1. The van der Waals surface area contributed by atoms with Crippen LogP contribution in [-0.2, 0) is 11.2 Å². The molecule has 1 aromatic carbocycles. The molecule has 3 nitrogen and oxygen atoms in total. The molecule has 0 spiro atoms. The second-order valence-electron chi connectivity index (χ2n) is 4.02. The second kappa shape index (κ2) is 6.98. The molecule has 0 saturated carbocycles. The quantitative estimate of drug-likeness (QED) is 0.873. The number of aliphatic carboxylic acids is 1. The number of carboxylic acids is 1. The first kappa shape index (κ1) is 15.3. The summed E-state index contributed by atoms with van der Waals surface area (Å²) in [6.45, 7) is 5.28. The zero-order valence-corrected chi connectivity index (χ0v) is 12.0. The van der Waals surface area contributed by atoms with Crippen LogP contribution in [0.2, 0.25) is 10.0 Å². The van der Waals surface area contributed by atoms with E-state index in [-0.39, 0.29) is 0 Å². The molecule has 0 saturated heterocycles. The SMILES string of the molecule is CCN(CC)[C@@H](Cc1ccc(Cl)cc1Cl)C(=O)O. The predicted octanol–water partition coefficient (Wildman–Crippen LogP) is 3.33. The zero-order chi connectivity index (χ0) is 13.7. The summed E-state index contributed by atoms with van der Waals surface area (Å²) in [5.41, 5.74) is 0.806. The van der Waals surface area contributed by atoms with Gasteiger partial charge in [0, 0.05) is 16.5 Å². The van der Waals surface area contributed by atoms with Gasteiger partial charge in [-0.3, -0.25) is 9.69 Å². The fourth-order valence-corrected chi connectivity index (χ4v) is 2.42. The Hall–Kier alpha value is -0.770. The number of carboxylic acid groups (broad SMARTS) is 1. The van der Waals surface area contributed by atoms with Gasteiger partial charge in [-0.15, -0.1) is 0 Å². The number of hydrogen-bond donors (Lipinski definition) is 1. The van der Waals surface area contributed by atoms with Crippen molar-refractivity contribution in [2.45, 2.75) is 26.3 Å². The van der Waals surface area contributed by atoms with Gasteiger partial charge in [-0.25, -0.2) is 0 Å². The number of hydrogen-bond acceptors (Lipinski definition) is 2. The van der Waals surface area contributed by atoms with Crippen molar-refractivity contribution in [3.63, 3.8) is 0 Å². The number of nitrogens with zero attached hydrogens (tertiary/aromatic N) is 1. The number of carbonyl (C=O) groups is 1. The van der Waals surface area contributed by atoms with E-state index in [1.54, 1.807) is 18.2 Å². The Morgan fingerprint density at radius 2 is 1.94 bits per heavy atom. The molecule has 18 heavy (non-hydrogen) atoms. The van der Waals surface area contributed by atoms with Crippen LogP contribution in [0.25, 0.3) is 0 Å². The van der Waals surface area contributed by atoms with E-state index in [2.05, 4.69) is 0 Å². The Bertz CT molecular complexity index is 419. The minimum absolute atomic E-state index is 0.382. The normalized spacial score (nSPS) is 12.7. The molecule has 0 unspecified atom stereocenters. The smallest absolute Gasteiger partial charge is 0.321 e. The van der Waals surface area contributed by atoms with E-state index in [4.69, 9.17) is 23.2 Å². The van der Waals surface area contributed by atoms with E-state index >= 15 is 0 Å². The number of halogens is 2. The van der Waals surface area contributed by atoms with Crippen LogP contribution in [0.3, 0.4) is 0 Å². The molecule has 1 N–H and O–H groups in total. The third-order valence-corrected chi connectivity index (χ3v) is 3.55. The lowest BCUT2D eigenvalue weighted by atomic mass is 10.0. The summed E-state index contributed by atoms with van der Waals surface area (Å²) in [7, 11) is 0. The van der Waals surface area contributed by atoms with Gasteiger partial charge in [-0.05, 0) is 30.8 Å². The lowest BCUT2D eigenvalue weighted by molar-refractivity contribution is -0.143. The van der Waals surface area contributed by atoms with E-state index in [0.717, 1.165) is 5.56 Å². The molecule has 1 aromatic rings. The van der Waals surface area contributed by atoms with Crippen LogP contribution in [0.15, 0.2) is 18.2 Å². The van der Waals surface area contributed by atoms with Gasteiger partial charge < -0.3 is 5.11 Å². The molecule has 5 heteroatoms. The Kier molecular flexibility index (Phi) is 5.93. The Balaban J connectivity index is 2.93. The van der Waals surface area contributed by atoms with Crippen LogP contribution >= 0.6 is 23.2 Å². The standard InChI is InChI=1S/C13H17Cl2NO2/c1-3-16(4-2)12(13(17)18)7-9-5-6-10(14)8-11(9)15/h5-6,8,12H,3-4,7H2,1-2H3,(H,17,18)/t12-/m0/s1. The first-order valence-electron chi connectivity index (χ1n) is 5.90. The van der Waals surface area contributed by atoms with E-state index in [0.29, 0.717) is 29.6 Å². The van der Waals surface area contributed by atoms with Crippen molar-refractivity contribution in [2.75, 3.05) is 13.1 Å². The van der Waals surface area contributed by atoms with Gasteiger partial charge in [-0.1, -0.05) is 43.1 Å². The lowest BCUT2D eigenvalue weighted by Gasteiger charge is -2.26. The molecule has 0 heterocycles. The van der Waals surface area contributed by atoms with Gasteiger partial charge >= 0.3 is 5.97 Å². The molecule has 0 aliphatic carbocycles. The van der Waals surface area contributed by atoms with Gasteiger partial charge in [0.2, 0.25) is 0 Å². The van der Waals surface area contributed by atoms with E-state index in [9.17, 15) is 9.90 Å². The number of likely N-dealkylation sites (N-methyl/N-ethyl adjacent to an activating group) is 1. The summed E-state index contributed by atoms with van der Waals surface area (Å²) < 4.78 is 0. The molecule has 0 amide bonds. The highest BCUT2D eigenvalue weighted by molar-refractivity contribution is 6.35. The van der Waals surface area contributed by atoms with Crippen molar-refractivity contribution in [2.24, 2.45) is 0 Å². The maximum atomic E-state index is 11.3. The van der Waals surface area contributed by atoms with Crippen LogP contribution in [0, 0.1) is 0 Å². The van der Waals surface area contributed by atoms with E-state index < -0.39 is 12.0 Å². The highest BCUT2D eigenvalue weighted by Gasteiger charge is 2.24. The van der Waals surface area contributed by atoms with Crippen molar-refractivity contribution in [1.82, 2.24) is 4.90 Å². The molecule has 100 valence electrons. The average Bonchev–Trinajstić information content (AvgIpc) is 2.31. The molecule has 0 bridgehead atoms. The molecular formula is C13H17Cl2NO2. The molecule has 0 aliphatic rings. The molecule has 0 aromatic heterocycles. The molecular weight excluding hydrogens is 273 g/mol. The highest BCUT2D eigenvalue weighted by Crippen LogP contribution is 2.23. The third kappa shape index (κ3) is 3.87. The summed E-state index contributed by atoms with van der Waals surface area (Å²) in [5, 5.41) is 10.4. The van der Waals surface area contributed by atoms with Crippen molar-refractivity contribution in [3.05, 3.63) is 33.8 Å². The molecule has 0 aliphatic heterocycles. The van der Waals surface area contributed by atoms with Crippen LogP contribution < -0.4 is 0 Å². The molecule has 0 fully saturated rings. The predicted molar refractivity (Wildman–Crippen MR) is 74.5 cm³/mol. The lowest BCUT2D eigenvalue weighted by Crippen LogP contribution is -2.42. The van der Waals surface area contributed by atoms with Crippen molar-refractivity contribution < 1.29 is 9.90 Å². The van der Waals surface area contributed by atoms with Crippen molar-refractivity contribution >= 4 is 29.2 Å². The van der Waals surface area contributed by atoms with Crippen LogP contribution in [0.1, 0.15) is 19.4 Å². The van der Waals surface area contributed by atoms with Gasteiger partial charge in [0.15, 0.2) is 0 Å². The zero-order valence-electron chi connectivity index (χ0n) is 10.5. The summed E-state index contributed by atoms with van der Waals surface area (Å²) in [6.07, 6.45) is 0.382. The topological polar surface area (TPSA) is 40.5 Å².